The van der Waals surface area contributed by atoms with Crippen LogP contribution < -0.4 is 10.1 Å². The van der Waals surface area contributed by atoms with Crippen molar-refractivity contribution in [1.29, 1.82) is 0 Å². The van der Waals surface area contributed by atoms with Gasteiger partial charge in [-0.1, -0.05) is 140 Å². The van der Waals surface area contributed by atoms with Crippen molar-refractivity contribution in [1.82, 2.24) is 9.97 Å². The molecule has 2 heterocycles. The minimum atomic E-state index is -0.223. The van der Waals surface area contributed by atoms with E-state index in [1.54, 1.807) is 0 Å². The van der Waals surface area contributed by atoms with Gasteiger partial charge in [-0.15, -0.1) is 0 Å². The lowest BCUT2D eigenvalue weighted by molar-refractivity contribution is 0.260. The smallest absolute Gasteiger partial charge is 0.196 e. The monoisotopic (exact) mass is 603 g/mol. The average molecular weight is 604 g/mol. The Morgan fingerprint density at radius 3 is 1.89 bits per heavy atom. The van der Waals surface area contributed by atoms with Gasteiger partial charge < -0.3 is 10.1 Å². The molecule has 9 rings (SSSR count). The Kier molecular flexibility index (Phi) is 6.50. The first kappa shape index (κ1) is 27.1. The summed E-state index contributed by atoms with van der Waals surface area (Å²) in [6.07, 6.45) is -0.223. The fourth-order valence-electron chi connectivity index (χ4n) is 6.55. The van der Waals surface area contributed by atoms with E-state index in [4.69, 9.17) is 14.7 Å². The van der Waals surface area contributed by atoms with Gasteiger partial charge in [0.15, 0.2) is 12.1 Å². The van der Waals surface area contributed by atoms with Crippen LogP contribution in [0.15, 0.2) is 164 Å². The molecule has 4 heteroatoms. The van der Waals surface area contributed by atoms with Crippen LogP contribution in [0.3, 0.4) is 0 Å². The summed E-state index contributed by atoms with van der Waals surface area (Å²) >= 11 is 0. The van der Waals surface area contributed by atoms with E-state index in [9.17, 15) is 0 Å². The molecule has 0 amide bonds. The molecule has 0 saturated heterocycles. The summed E-state index contributed by atoms with van der Waals surface area (Å²) in [4.78, 5) is 10.3. The van der Waals surface area contributed by atoms with E-state index in [0.29, 0.717) is 5.82 Å². The molecule has 47 heavy (non-hydrogen) atoms. The van der Waals surface area contributed by atoms with Gasteiger partial charge in [-0.05, 0) is 51.6 Å². The number of aromatic nitrogens is 2. The van der Waals surface area contributed by atoms with Gasteiger partial charge >= 0.3 is 0 Å². The molecule has 0 spiro atoms. The highest BCUT2D eigenvalue weighted by molar-refractivity contribution is 6.15. The lowest BCUT2D eigenvalue weighted by atomic mass is 9.98. The molecule has 1 aliphatic heterocycles. The van der Waals surface area contributed by atoms with Crippen LogP contribution in [0.5, 0.6) is 5.75 Å². The minimum absolute atomic E-state index is 0.223. The Morgan fingerprint density at radius 2 is 1.11 bits per heavy atom. The number of fused-ring (bicyclic) bond motifs is 5. The molecule has 1 aromatic heterocycles. The molecule has 7 aromatic carbocycles. The zero-order chi connectivity index (χ0) is 31.2. The molecule has 0 bridgehead atoms. The first-order valence-corrected chi connectivity index (χ1v) is 15.9. The Bertz CT molecular complexity index is 2410. The second-order valence-electron chi connectivity index (χ2n) is 11.9. The topological polar surface area (TPSA) is 47.0 Å². The molecule has 0 saturated carbocycles. The van der Waals surface area contributed by atoms with Crippen LogP contribution in [0.2, 0.25) is 0 Å². The minimum Gasteiger partial charge on any atom is -0.464 e. The van der Waals surface area contributed by atoms with E-state index in [1.807, 2.05) is 42.5 Å². The van der Waals surface area contributed by atoms with Crippen LogP contribution in [0.1, 0.15) is 11.8 Å². The molecule has 0 fully saturated rings. The Balaban J connectivity index is 1.16. The first-order chi connectivity index (χ1) is 23.3. The third-order valence-electron chi connectivity index (χ3n) is 8.90. The summed E-state index contributed by atoms with van der Waals surface area (Å²) in [5.41, 5.74) is 9.30. The number of rotatable bonds is 5. The fraction of sp³-hybridized carbons (Fsp3) is 0.0233. The van der Waals surface area contributed by atoms with Crippen LogP contribution >= 0.6 is 0 Å². The highest BCUT2D eigenvalue weighted by atomic mass is 16.5. The average Bonchev–Trinajstić information content (AvgIpc) is 3.60. The third-order valence-corrected chi connectivity index (χ3v) is 8.90. The lowest BCUT2D eigenvalue weighted by Crippen LogP contribution is -2.09. The highest BCUT2D eigenvalue weighted by Gasteiger charge is 2.26. The van der Waals surface area contributed by atoms with E-state index in [2.05, 4.69) is 127 Å². The number of hydrogen-bond acceptors (Lipinski definition) is 4. The van der Waals surface area contributed by atoms with Gasteiger partial charge in [0.2, 0.25) is 0 Å². The normalized spacial score (nSPS) is 13.7. The third kappa shape index (κ3) is 4.97. The van der Waals surface area contributed by atoms with Crippen LogP contribution in [-0.4, -0.2) is 9.97 Å². The molecule has 222 valence electrons. The maximum absolute atomic E-state index is 6.36. The SMILES string of the molecule is c1ccc(-c2cccc(-c3cc(-c4ccccc4)nc(-c4ccc5c(ccc6ccc7c(c65)NC(c5ccccc5)O7)c4)n3)c2)cc1. The molecule has 1 N–H and O–H groups in total. The zero-order valence-electron chi connectivity index (χ0n) is 25.5. The van der Waals surface area contributed by atoms with Crippen LogP contribution in [0.4, 0.5) is 5.69 Å². The van der Waals surface area contributed by atoms with Gasteiger partial charge in [0.05, 0.1) is 17.1 Å². The molecule has 0 aliphatic carbocycles. The van der Waals surface area contributed by atoms with E-state index in [1.165, 1.54) is 5.56 Å². The second kappa shape index (κ2) is 11.3. The molecular formula is C43H29N3O. The van der Waals surface area contributed by atoms with Crippen molar-refractivity contribution < 1.29 is 4.74 Å². The second-order valence-corrected chi connectivity index (χ2v) is 11.9. The Labute approximate surface area is 273 Å². The Morgan fingerprint density at radius 1 is 0.468 bits per heavy atom. The lowest BCUT2D eigenvalue weighted by Gasteiger charge is -2.13. The molecule has 1 aliphatic rings. The summed E-state index contributed by atoms with van der Waals surface area (Å²) < 4.78 is 6.36. The van der Waals surface area contributed by atoms with Crippen molar-refractivity contribution in [2.45, 2.75) is 6.23 Å². The summed E-state index contributed by atoms with van der Waals surface area (Å²) in [5.74, 6) is 1.56. The van der Waals surface area contributed by atoms with Crippen LogP contribution in [-0.2, 0) is 0 Å². The maximum Gasteiger partial charge on any atom is 0.196 e. The number of nitrogens with zero attached hydrogens (tertiary/aromatic N) is 2. The van der Waals surface area contributed by atoms with Gasteiger partial charge in [0, 0.05) is 27.6 Å². The number of benzene rings is 7. The fourth-order valence-corrected chi connectivity index (χ4v) is 6.55. The van der Waals surface area contributed by atoms with Gasteiger partial charge in [0.1, 0.15) is 5.75 Å². The van der Waals surface area contributed by atoms with Crippen molar-refractivity contribution in [2.24, 2.45) is 0 Å². The van der Waals surface area contributed by atoms with E-state index in [-0.39, 0.29) is 6.23 Å². The quantitative estimate of drug-likeness (QED) is 0.199. The summed E-state index contributed by atoms with van der Waals surface area (Å²) in [6, 6.07) is 56.8. The predicted octanol–water partition coefficient (Wildman–Crippen LogP) is 11.0. The van der Waals surface area contributed by atoms with Crippen LogP contribution in [0.25, 0.3) is 66.6 Å². The van der Waals surface area contributed by atoms with Crippen LogP contribution in [0, 0.1) is 0 Å². The van der Waals surface area contributed by atoms with Crippen molar-refractivity contribution in [3.8, 4) is 50.8 Å². The van der Waals surface area contributed by atoms with Crippen molar-refractivity contribution >= 4 is 27.2 Å². The molecule has 0 radical (unpaired) electrons. The number of hydrogen-bond donors (Lipinski definition) is 1. The summed E-state index contributed by atoms with van der Waals surface area (Å²) in [6.45, 7) is 0. The molecule has 1 atom stereocenters. The van der Waals surface area contributed by atoms with E-state index < -0.39 is 0 Å². The van der Waals surface area contributed by atoms with Gasteiger partial charge in [-0.2, -0.15) is 0 Å². The summed E-state index contributed by atoms with van der Waals surface area (Å²) in [7, 11) is 0. The van der Waals surface area contributed by atoms with E-state index in [0.717, 1.165) is 72.2 Å². The molecular weight excluding hydrogens is 574 g/mol. The van der Waals surface area contributed by atoms with Crippen molar-refractivity contribution in [3.05, 3.63) is 169 Å². The molecule has 4 nitrogen and oxygen atoms in total. The van der Waals surface area contributed by atoms with E-state index >= 15 is 0 Å². The summed E-state index contributed by atoms with van der Waals surface area (Å²) in [5, 5.41) is 8.25. The number of anilines is 1. The maximum atomic E-state index is 6.36. The van der Waals surface area contributed by atoms with Gasteiger partial charge in [-0.3, -0.25) is 0 Å². The number of ether oxygens (including phenoxy) is 1. The van der Waals surface area contributed by atoms with Gasteiger partial charge in [0.25, 0.3) is 0 Å². The van der Waals surface area contributed by atoms with Crippen molar-refractivity contribution in [2.75, 3.05) is 5.32 Å². The highest BCUT2D eigenvalue weighted by Crippen LogP contribution is 2.45. The van der Waals surface area contributed by atoms with Crippen molar-refractivity contribution in [3.63, 3.8) is 0 Å². The van der Waals surface area contributed by atoms with Gasteiger partial charge in [-0.25, -0.2) is 9.97 Å². The predicted molar refractivity (Wildman–Crippen MR) is 192 cm³/mol. The number of nitrogens with one attached hydrogen (secondary N) is 1. The standard InChI is InChI=1S/C43H29N3O/c1-4-11-28(12-5-1)32-17-10-18-34(25-32)38-27-37(29-13-6-2-7-14-29)44-42(45-38)35-21-23-36-33(26-35)20-19-30-22-24-39-41(40(30)36)46-43(47-39)31-15-8-3-9-16-31/h1-27,43,46H. The first-order valence-electron chi connectivity index (χ1n) is 15.9. The molecule has 1 unspecified atom stereocenters. The Hall–Kier alpha value is -6.26. The largest absolute Gasteiger partial charge is 0.464 e. The zero-order valence-corrected chi connectivity index (χ0v) is 25.5. The molecule has 8 aromatic rings.